The molecule has 0 spiro atoms. The van der Waals surface area contributed by atoms with E-state index in [0.717, 1.165) is 44.8 Å². The Labute approximate surface area is 112 Å². The first-order valence-electron chi connectivity index (χ1n) is 6.32. The van der Waals surface area contributed by atoms with Crippen molar-refractivity contribution < 1.29 is 5.11 Å². The first kappa shape index (κ1) is 13.5. The van der Waals surface area contributed by atoms with Gasteiger partial charge < -0.3 is 15.3 Å². The van der Waals surface area contributed by atoms with E-state index in [2.05, 4.69) is 20.2 Å². The zero-order chi connectivity index (χ0) is 12.8. The van der Waals surface area contributed by atoms with Gasteiger partial charge >= 0.3 is 0 Å². The second kappa shape index (κ2) is 6.87. The summed E-state index contributed by atoms with van der Waals surface area (Å²) in [7, 11) is 0. The topological polar surface area (TPSA) is 61.3 Å². The lowest BCUT2D eigenvalue weighted by molar-refractivity contribution is 0.151. The summed E-state index contributed by atoms with van der Waals surface area (Å²) in [6.45, 7) is 4.07. The van der Waals surface area contributed by atoms with E-state index in [9.17, 15) is 0 Å². The minimum Gasteiger partial charge on any atom is -0.395 e. The Balaban J connectivity index is 1.72. The molecule has 1 aliphatic heterocycles. The standard InChI is InChI=1S/C12H19ClN4O/c13-11-8-14-9-12(16-11)15-7-10-1-3-17(4-2-10)5-6-18/h8-10,18H,1-7H2,(H,15,16). The average Bonchev–Trinajstić information content (AvgIpc) is 2.38. The lowest BCUT2D eigenvalue weighted by atomic mass is 9.97. The molecule has 0 saturated carbocycles. The molecule has 5 nitrogen and oxygen atoms in total. The molecular weight excluding hydrogens is 252 g/mol. The number of aromatic nitrogens is 2. The van der Waals surface area contributed by atoms with Crippen LogP contribution in [-0.2, 0) is 0 Å². The molecule has 1 aromatic heterocycles. The van der Waals surface area contributed by atoms with Crippen LogP contribution in [0.25, 0.3) is 0 Å². The van der Waals surface area contributed by atoms with Gasteiger partial charge in [-0.25, -0.2) is 4.98 Å². The van der Waals surface area contributed by atoms with Crippen LogP contribution in [0.3, 0.4) is 0 Å². The van der Waals surface area contributed by atoms with Crippen molar-refractivity contribution in [3.8, 4) is 0 Å². The van der Waals surface area contributed by atoms with Gasteiger partial charge in [-0.1, -0.05) is 11.6 Å². The average molecular weight is 271 g/mol. The van der Waals surface area contributed by atoms with Gasteiger partial charge in [0.25, 0.3) is 0 Å². The maximum atomic E-state index is 8.88. The van der Waals surface area contributed by atoms with Crippen LogP contribution < -0.4 is 5.32 Å². The quantitative estimate of drug-likeness (QED) is 0.843. The number of rotatable bonds is 5. The lowest BCUT2D eigenvalue weighted by Crippen LogP contribution is -2.37. The number of β-amino-alcohol motifs (C(OH)–C–C–N with tert-alkyl or cyclic N) is 1. The van der Waals surface area contributed by atoms with Gasteiger partial charge in [-0.3, -0.25) is 4.98 Å². The molecule has 0 radical (unpaired) electrons. The van der Waals surface area contributed by atoms with Crippen molar-refractivity contribution in [2.24, 2.45) is 5.92 Å². The number of halogens is 1. The van der Waals surface area contributed by atoms with Crippen LogP contribution >= 0.6 is 11.6 Å². The van der Waals surface area contributed by atoms with Crippen LogP contribution in [0.15, 0.2) is 12.4 Å². The number of hydrogen-bond acceptors (Lipinski definition) is 5. The summed E-state index contributed by atoms with van der Waals surface area (Å²) in [6.07, 6.45) is 5.52. The molecule has 0 bridgehead atoms. The number of anilines is 1. The second-order valence-electron chi connectivity index (χ2n) is 4.62. The Morgan fingerprint density at radius 1 is 1.39 bits per heavy atom. The highest BCUT2D eigenvalue weighted by Crippen LogP contribution is 2.17. The van der Waals surface area contributed by atoms with E-state index in [-0.39, 0.29) is 6.61 Å². The van der Waals surface area contributed by atoms with E-state index in [4.69, 9.17) is 16.7 Å². The van der Waals surface area contributed by atoms with Crippen molar-refractivity contribution in [1.29, 1.82) is 0 Å². The third-order valence-corrected chi connectivity index (χ3v) is 3.48. The third-order valence-electron chi connectivity index (χ3n) is 3.30. The molecule has 6 heteroatoms. The van der Waals surface area contributed by atoms with Gasteiger partial charge in [0.15, 0.2) is 0 Å². The van der Waals surface area contributed by atoms with Crippen LogP contribution in [0.5, 0.6) is 0 Å². The van der Waals surface area contributed by atoms with Gasteiger partial charge in [0, 0.05) is 13.1 Å². The molecule has 0 atom stereocenters. The van der Waals surface area contributed by atoms with Gasteiger partial charge in [-0.2, -0.15) is 0 Å². The summed E-state index contributed by atoms with van der Waals surface area (Å²) >= 11 is 5.78. The number of likely N-dealkylation sites (tertiary alicyclic amines) is 1. The van der Waals surface area contributed by atoms with Crippen molar-refractivity contribution in [1.82, 2.24) is 14.9 Å². The van der Waals surface area contributed by atoms with Gasteiger partial charge in [0.05, 0.1) is 19.0 Å². The van der Waals surface area contributed by atoms with E-state index in [1.54, 1.807) is 6.20 Å². The first-order valence-corrected chi connectivity index (χ1v) is 6.70. The fraction of sp³-hybridized carbons (Fsp3) is 0.667. The summed E-state index contributed by atoms with van der Waals surface area (Å²) in [4.78, 5) is 10.4. The summed E-state index contributed by atoms with van der Waals surface area (Å²) in [5, 5.41) is 12.6. The minimum atomic E-state index is 0.251. The Morgan fingerprint density at radius 3 is 2.83 bits per heavy atom. The van der Waals surface area contributed by atoms with E-state index in [0.29, 0.717) is 11.1 Å². The molecule has 2 heterocycles. The second-order valence-corrected chi connectivity index (χ2v) is 5.00. The van der Waals surface area contributed by atoms with Crippen molar-refractivity contribution in [2.45, 2.75) is 12.8 Å². The number of nitrogens with zero attached hydrogens (tertiary/aromatic N) is 3. The normalized spacial score (nSPS) is 17.9. The van der Waals surface area contributed by atoms with Crippen molar-refractivity contribution in [3.63, 3.8) is 0 Å². The molecule has 1 fully saturated rings. The third kappa shape index (κ3) is 4.08. The van der Waals surface area contributed by atoms with E-state index >= 15 is 0 Å². The van der Waals surface area contributed by atoms with E-state index in [1.807, 2.05) is 0 Å². The van der Waals surface area contributed by atoms with Gasteiger partial charge in [-0.05, 0) is 31.8 Å². The van der Waals surface area contributed by atoms with Crippen LogP contribution in [-0.4, -0.2) is 52.8 Å². The molecule has 2 N–H and O–H groups in total. The van der Waals surface area contributed by atoms with Crippen LogP contribution in [0.4, 0.5) is 5.82 Å². The number of aliphatic hydroxyl groups is 1. The molecule has 1 saturated heterocycles. The Hall–Kier alpha value is -0.910. The Morgan fingerprint density at radius 2 is 2.17 bits per heavy atom. The van der Waals surface area contributed by atoms with Crippen LogP contribution in [0.1, 0.15) is 12.8 Å². The van der Waals surface area contributed by atoms with Crippen molar-refractivity contribution >= 4 is 17.4 Å². The fourth-order valence-electron chi connectivity index (χ4n) is 2.23. The molecule has 1 aliphatic rings. The molecule has 18 heavy (non-hydrogen) atoms. The smallest absolute Gasteiger partial charge is 0.149 e. The van der Waals surface area contributed by atoms with Gasteiger partial charge in [0.1, 0.15) is 11.0 Å². The summed E-state index contributed by atoms with van der Waals surface area (Å²) < 4.78 is 0. The Kier molecular flexibility index (Phi) is 5.16. The number of aliphatic hydroxyl groups excluding tert-OH is 1. The Bertz CT molecular complexity index is 369. The van der Waals surface area contributed by atoms with Crippen LogP contribution in [0, 0.1) is 5.92 Å². The maximum Gasteiger partial charge on any atom is 0.149 e. The number of piperidine rings is 1. The zero-order valence-corrected chi connectivity index (χ0v) is 11.1. The predicted octanol–water partition coefficient (Wildman–Crippen LogP) is 1.25. The molecule has 1 aromatic rings. The maximum absolute atomic E-state index is 8.88. The fourth-order valence-corrected chi connectivity index (χ4v) is 2.38. The molecule has 0 aliphatic carbocycles. The highest BCUT2D eigenvalue weighted by Gasteiger charge is 2.18. The largest absolute Gasteiger partial charge is 0.395 e. The first-order chi connectivity index (χ1) is 8.78. The summed E-state index contributed by atoms with van der Waals surface area (Å²) in [6, 6.07) is 0. The highest BCUT2D eigenvalue weighted by atomic mass is 35.5. The number of hydrogen-bond donors (Lipinski definition) is 2. The van der Waals surface area contributed by atoms with Gasteiger partial charge in [0.2, 0.25) is 0 Å². The van der Waals surface area contributed by atoms with Crippen LogP contribution in [0.2, 0.25) is 5.15 Å². The van der Waals surface area contributed by atoms with E-state index < -0.39 is 0 Å². The zero-order valence-electron chi connectivity index (χ0n) is 10.3. The molecular formula is C12H19ClN4O. The summed E-state index contributed by atoms with van der Waals surface area (Å²) in [5.41, 5.74) is 0. The minimum absolute atomic E-state index is 0.251. The monoisotopic (exact) mass is 270 g/mol. The SMILES string of the molecule is OCCN1CCC(CNc2cncc(Cl)n2)CC1. The molecule has 0 aromatic carbocycles. The van der Waals surface area contributed by atoms with Crippen molar-refractivity contribution in [3.05, 3.63) is 17.5 Å². The predicted molar refractivity (Wildman–Crippen MR) is 71.8 cm³/mol. The number of nitrogens with one attached hydrogen (secondary N) is 1. The molecule has 0 unspecified atom stereocenters. The van der Waals surface area contributed by atoms with E-state index in [1.165, 1.54) is 6.20 Å². The highest BCUT2D eigenvalue weighted by molar-refractivity contribution is 6.29. The molecule has 100 valence electrons. The lowest BCUT2D eigenvalue weighted by Gasteiger charge is -2.31. The molecule has 2 rings (SSSR count). The van der Waals surface area contributed by atoms with Gasteiger partial charge in [-0.15, -0.1) is 0 Å². The summed E-state index contributed by atoms with van der Waals surface area (Å²) in [5.74, 6) is 1.39. The molecule has 0 amide bonds. The van der Waals surface area contributed by atoms with Crippen molar-refractivity contribution in [2.75, 3.05) is 38.1 Å².